The van der Waals surface area contributed by atoms with Gasteiger partial charge in [-0.15, -0.1) is 0 Å². The molecule has 152 valence electrons. The van der Waals surface area contributed by atoms with E-state index in [0.29, 0.717) is 18.0 Å². The van der Waals surface area contributed by atoms with E-state index >= 15 is 0 Å². The van der Waals surface area contributed by atoms with Gasteiger partial charge in [-0.25, -0.2) is 13.4 Å². The second kappa shape index (κ2) is 6.73. The van der Waals surface area contributed by atoms with Crippen LogP contribution in [0.25, 0.3) is 0 Å². The van der Waals surface area contributed by atoms with Crippen LogP contribution in [0.2, 0.25) is 5.02 Å². The van der Waals surface area contributed by atoms with Gasteiger partial charge in [0.05, 0.1) is 18.8 Å². The molecule has 2 bridgehead atoms. The van der Waals surface area contributed by atoms with Crippen LogP contribution in [0.15, 0.2) is 42.9 Å². The highest BCUT2D eigenvalue weighted by molar-refractivity contribution is 7.90. The highest BCUT2D eigenvalue weighted by Crippen LogP contribution is 2.47. The molecule has 3 aliphatic rings. The molecule has 4 heterocycles. The zero-order valence-electron chi connectivity index (χ0n) is 15.4. The third-order valence-corrected chi connectivity index (χ3v) is 8.42. The Morgan fingerprint density at radius 2 is 2.03 bits per heavy atom. The fourth-order valence-corrected chi connectivity index (χ4v) is 7.03. The lowest BCUT2D eigenvalue weighted by molar-refractivity contribution is -0.0981. The Morgan fingerprint density at radius 1 is 1.24 bits per heavy atom. The molecule has 8 nitrogen and oxygen atoms in total. The molecule has 3 aliphatic heterocycles. The van der Waals surface area contributed by atoms with Gasteiger partial charge in [-0.1, -0.05) is 23.7 Å². The van der Waals surface area contributed by atoms with Gasteiger partial charge >= 0.3 is 0 Å². The molecule has 0 unspecified atom stereocenters. The number of aromatic nitrogens is 2. The summed E-state index contributed by atoms with van der Waals surface area (Å²) < 4.78 is 34.1. The molecule has 0 N–H and O–H groups in total. The highest BCUT2D eigenvalue weighted by Gasteiger charge is 2.65. The molecule has 5 rings (SSSR count). The summed E-state index contributed by atoms with van der Waals surface area (Å²) in [7, 11) is -3.54. The monoisotopic (exact) mass is 434 g/mol. The van der Waals surface area contributed by atoms with Crippen LogP contribution in [0.5, 0.6) is 0 Å². The van der Waals surface area contributed by atoms with Crippen LogP contribution >= 0.6 is 11.6 Å². The van der Waals surface area contributed by atoms with Crippen molar-refractivity contribution < 1.29 is 17.9 Å². The molecule has 3 saturated heterocycles. The summed E-state index contributed by atoms with van der Waals surface area (Å²) in [6.45, 7) is 1.06. The average molecular weight is 435 g/mol. The van der Waals surface area contributed by atoms with E-state index < -0.39 is 20.9 Å². The van der Waals surface area contributed by atoms with Crippen molar-refractivity contribution >= 4 is 27.5 Å². The lowest BCUT2D eigenvalue weighted by Gasteiger charge is -2.39. The molecule has 2 aromatic rings. The van der Waals surface area contributed by atoms with Crippen LogP contribution in [0.1, 0.15) is 22.5 Å². The number of likely N-dealkylation sites (tertiary alicyclic amines) is 1. The summed E-state index contributed by atoms with van der Waals surface area (Å²) in [6.07, 6.45) is 4.50. The molecule has 0 aliphatic carbocycles. The number of morpholine rings is 1. The fourth-order valence-electron chi connectivity index (χ4n) is 4.61. The van der Waals surface area contributed by atoms with Crippen LogP contribution in [0.3, 0.4) is 0 Å². The molecule has 1 spiro atoms. The lowest BCUT2D eigenvalue weighted by atomic mass is 9.99. The number of carbonyl (C=O) groups excluding carboxylic acids is 1. The van der Waals surface area contributed by atoms with Gasteiger partial charge < -0.3 is 9.64 Å². The Balaban J connectivity index is 1.40. The zero-order valence-corrected chi connectivity index (χ0v) is 17.0. The largest absolute Gasteiger partial charge is 0.365 e. The summed E-state index contributed by atoms with van der Waals surface area (Å²) in [5.74, 6) is -0.250. The van der Waals surface area contributed by atoms with Gasteiger partial charge in [0.15, 0.2) is 0 Å². The first kappa shape index (κ1) is 18.9. The number of sulfonamides is 1. The third kappa shape index (κ3) is 3.13. The molecule has 1 aromatic heterocycles. The first-order valence-electron chi connectivity index (χ1n) is 9.34. The van der Waals surface area contributed by atoms with Crippen molar-refractivity contribution in [1.82, 2.24) is 19.2 Å². The summed E-state index contributed by atoms with van der Waals surface area (Å²) in [5.41, 5.74) is 0.196. The van der Waals surface area contributed by atoms with E-state index in [1.807, 2.05) is 12.1 Å². The minimum absolute atomic E-state index is 0.222. The van der Waals surface area contributed by atoms with E-state index in [2.05, 4.69) is 9.97 Å². The van der Waals surface area contributed by atoms with E-state index in [9.17, 15) is 13.2 Å². The van der Waals surface area contributed by atoms with Crippen molar-refractivity contribution in [2.45, 2.75) is 29.9 Å². The number of fused-ring (bicyclic) bond motifs is 1. The first-order valence-corrected chi connectivity index (χ1v) is 11.2. The third-order valence-electron chi connectivity index (χ3n) is 5.85. The quantitative estimate of drug-likeness (QED) is 0.723. The number of amides is 1. The van der Waals surface area contributed by atoms with Crippen molar-refractivity contribution in [3.05, 3.63) is 59.1 Å². The molecular formula is C19H19ClN4O4S. The Hall–Kier alpha value is -2.07. The van der Waals surface area contributed by atoms with Gasteiger partial charge in [0.1, 0.15) is 16.5 Å². The molecule has 3 fully saturated rings. The Kier molecular flexibility index (Phi) is 4.39. The summed E-state index contributed by atoms with van der Waals surface area (Å²) in [5, 5.41) is -0.0444. The number of halogens is 1. The minimum Gasteiger partial charge on any atom is -0.365 e. The van der Waals surface area contributed by atoms with Gasteiger partial charge in [-0.2, -0.15) is 4.31 Å². The van der Waals surface area contributed by atoms with Gasteiger partial charge in [0.2, 0.25) is 10.0 Å². The first-order chi connectivity index (χ1) is 13.9. The summed E-state index contributed by atoms with van der Waals surface area (Å²) >= 11 is 5.93. The molecular weight excluding hydrogens is 416 g/mol. The van der Waals surface area contributed by atoms with E-state index in [-0.39, 0.29) is 37.3 Å². The highest BCUT2D eigenvalue weighted by atomic mass is 35.5. The predicted octanol–water partition coefficient (Wildman–Crippen LogP) is 1.33. The number of carbonyl (C=O) groups is 1. The summed E-state index contributed by atoms with van der Waals surface area (Å²) in [6, 6.07) is 7.12. The summed E-state index contributed by atoms with van der Waals surface area (Å²) in [4.78, 5) is 22.5. The standard InChI is InChI=1S/C19H19ClN4O4S/c20-14-3-1-13(2-4-14)9-24-12-19-11-23(18(25)16-8-21-5-6-22-16)10-15(28-19)7-17(19)29(24,26)27/h1-6,8,15,17H,7,9-12H2/t15-,17+,19+/m1/s1. The van der Waals surface area contributed by atoms with E-state index in [1.54, 1.807) is 17.0 Å². The average Bonchev–Trinajstić information content (AvgIpc) is 3.09. The molecule has 3 atom stereocenters. The molecule has 1 aromatic carbocycles. The molecule has 0 saturated carbocycles. The van der Waals surface area contributed by atoms with E-state index in [0.717, 1.165) is 5.56 Å². The predicted molar refractivity (Wildman–Crippen MR) is 105 cm³/mol. The molecule has 0 radical (unpaired) electrons. The Bertz CT molecular complexity index is 1050. The van der Waals surface area contributed by atoms with Crippen molar-refractivity contribution in [3.63, 3.8) is 0 Å². The maximum absolute atomic E-state index is 13.2. The van der Waals surface area contributed by atoms with E-state index in [4.69, 9.17) is 16.3 Å². The SMILES string of the molecule is O=C(c1cnccn1)N1C[C@H]2C[C@H]3[C@](C1)(CN(Cc1ccc(Cl)cc1)S3(=O)=O)O2. The second-order valence-corrected chi connectivity index (χ2v) is 10.3. The number of hydrogen-bond acceptors (Lipinski definition) is 6. The number of ether oxygens (including phenoxy) is 1. The maximum atomic E-state index is 13.2. The zero-order chi connectivity index (χ0) is 20.2. The van der Waals surface area contributed by atoms with E-state index in [1.165, 1.54) is 22.9 Å². The van der Waals surface area contributed by atoms with Crippen LogP contribution in [0, 0.1) is 0 Å². The number of hydrogen-bond donors (Lipinski definition) is 0. The number of nitrogens with zero attached hydrogens (tertiary/aromatic N) is 4. The Morgan fingerprint density at radius 3 is 2.76 bits per heavy atom. The van der Waals surface area contributed by atoms with Gasteiger partial charge in [-0.05, 0) is 24.1 Å². The van der Waals surface area contributed by atoms with Crippen molar-refractivity contribution in [2.24, 2.45) is 0 Å². The van der Waals surface area contributed by atoms with Crippen LogP contribution < -0.4 is 0 Å². The second-order valence-electron chi connectivity index (χ2n) is 7.74. The van der Waals surface area contributed by atoms with Crippen molar-refractivity contribution in [1.29, 1.82) is 0 Å². The maximum Gasteiger partial charge on any atom is 0.274 e. The van der Waals surface area contributed by atoms with Gasteiger partial charge in [-0.3, -0.25) is 9.78 Å². The smallest absolute Gasteiger partial charge is 0.274 e. The number of benzene rings is 1. The molecule has 29 heavy (non-hydrogen) atoms. The molecule has 10 heteroatoms. The van der Waals surface area contributed by atoms with Crippen molar-refractivity contribution in [3.8, 4) is 0 Å². The van der Waals surface area contributed by atoms with Crippen LogP contribution in [0.4, 0.5) is 0 Å². The molecule has 1 amide bonds. The lowest BCUT2D eigenvalue weighted by Crippen LogP contribution is -2.56. The van der Waals surface area contributed by atoms with Gasteiger partial charge in [0.25, 0.3) is 5.91 Å². The minimum atomic E-state index is -3.54. The van der Waals surface area contributed by atoms with Crippen LogP contribution in [-0.2, 0) is 21.3 Å². The normalized spacial score (nSPS) is 30.3. The fraction of sp³-hybridized carbons (Fsp3) is 0.421. The van der Waals surface area contributed by atoms with Gasteiger partial charge in [0, 0.05) is 37.1 Å². The topological polar surface area (TPSA) is 92.7 Å². The Labute approximate surface area is 173 Å². The van der Waals surface area contributed by atoms with Crippen LogP contribution in [-0.4, -0.2) is 70.1 Å². The number of rotatable bonds is 3. The van der Waals surface area contributed by atoms with Crippen molar-refractivity contribution in [2.75, 3.05) is 19.6 Å².